The molecule has 0 bridgehead atoms. The van der Waals surface area contributed by atoms with Crippen LogP contribution in [0.1, 0.15) is 35.9 Å². The van der Waals surface area contributed by atoms with Gasteiger partial charge in [-0.15, -0.1) is 5.10 Å². The van der Waals surface area contributed by atoms with Crippen LogP contribution in [0.5, 0.6) is 0 Å². The lowest BCUT2D eigenvalue weighted by Crippen LogP contribution is -2.46. The number of pyridine rings is 1. The van der Waals surface area contributed by atoms with Crippen molar-refractivity contribution >= 4 is 16.8 Å². The lowest BCUT2D eigenvalue weighted by molar-refractivity contribution is 0.0920. The van der Waals surface area contributed by atoms with Gasteiger partial charge in [0.05, 0.1) is 16.9 Å². The summed E-state index contributed by atoms with van der Waals surface area (Å²) in [7, 11) is 0. The third-order valence-corrected chi connectivity index (χ3v) is 4.92. The zero-order chi connectivity index (χ0) is 18.1. The van der Waals surface area contributed by atoms with E-state index in [1.54, 1.807) is 10.9 Å². The first-order chi connectivity index (χ1) is 12.6. The van der Waals surface area contributed by atoms with Crippen LogP contribution < -0.4 is 10.6 Å². The van der Waals surface area contributed by atoms with Crippen LogP contribution in [-0.2, 0) is 0 Å². The first-order valence-electron chi connectivity index (χ1n) is 8.94. The van der Waals surface area contributed by atoms with Gasteiger partial charge >= 0.3 is 0 Å². The van der Waals surface area contributed by atoms with E-state index in [0.29, 0.717) is 11.7 Å². The third kappa shape index (κ3) is 3.06. The molecule has 0 spiro atoms. The number of carbonyl (C=O) groups excluding carboxylic acids is 1. The molecule has 2 N–H and O–H groups in total. The van der Waals surface area contributed by atoms with Gasteiger partial charge in [0.15, 0.2) is 5.69 Å². The highest BCUT2D eigenvalue weighted by molar-refractivity contribution is 5.94. The number of rotatable bonds is 3. The second-order valence-corrected chi connectivity index (χ2v) is 6.83. The number of hydrogen-bond acceptors (Lipinski definition) is 5. The number of carbonyl (C=O) groups is 1. The van der Waals surface area contributed by atoms with Gasteiger partial charge in [0.1, 0.15) is 0 Å². The third-order valence-electron chi connectivity index (χ3n) is 4.92. The molecule has 7 nitrogen and oxygen atoms in total. The van der Waals surface area contributed by atoms with Gasteiger partial charge in [-0.05, 0) is 57.5 Å². The number of piperidine rings is 1. The van der Waals surface area contributed by atoms with Gasteiger partial charge in [-0.3, -0.25) is 9.78 Å². The molecule has 0 radical (unpaired) electrons. The second-order valence-electron chi connectivity index (χ2n) is 6.83. The Morgan fingerprint density at radius 1 is 1.31 bits per heavy atom. The van der Waals surface area contributed by atoms with Gasteiger partial charge in [0.25, 0.3) is 5.91 Å². The van der Waals surface area contributed by atoms with E-state index in [1.807, 2.05) is 37.3 Å². The van der Waals surface area contributed by atoms with E-state index >= 15 is 0 Å². The average molecular weight is 350 g/mol. The summed E-state index contributed by atoms with van der Waals surface area (Å²) in [5.74, 6) is -0.161. The molecule has 3 aromatic rings. The highest BCUT2D eigenvalue weighted by Crippen LogP contribution is 2.22. The molecule has 2 aromatic heterocycles. The van der Waals surface area contributed by atoms with Crippen LogP contribution in [-0.4, -0.2) is 44.5 Å². The van der Waals surface area contributed by atoms with Crippen LogP contribution in [0, 0.1) is 6.92 Å². The van der Waals surface area contributed by atoms with Gasteiger partial charge in [0, 0.05) is 23.7 Å². The number of nitrogens with one attached hydrogen (secondary N) is 2. The van der Waals surface area contributed by atoms with Crippen LogP contribution in [0.2, 0.25) is 0 Å². The van der Waals surface area contributed by atoms with E-state index in [9.17, 15) is 4.79 Å². The minimum absolute atomic E-state index is 0.161. The summed E-state index contributed by atoms with van der Waals surface area (Å²) in [6, 6.07) is 10.3. The Bertz CT molecular complexity index is 945. The van der Waals surface area contributed by atoms with Gasteiger partial charge in [-0.1, -0.05) is 11.3 Å². The molecule has 4 rings (SSSR count). The molecule has 1 aliphatic rings. The molecule has 3 heterocycles. The molecule has 1 amide bonds. The largest absolute Gasteiger partial charge is 0.348 e. The normalized spacial score (nSPS) is 20.2. The molecule has 2 atom stereocenters. The van der Waals surface area contributed by atoms with E-state index < -0.39 is 0 Å². The number of benzene rings is 1. The molecule has 1 aliphatic heterocycles. The van der Waals surface area contributed by atoms with E-state index in [0.717, 1.165) is 41.7 Å². The zero-order valence-electron chi connectivity index (χ0n) is 14.9. The lowest BCUT2D eigenvalue weighted by Gasteiger charge is -2.28. The zero-order valence-corrected chi connectivity index (χ0v) is 14.9. The number of hydrogen-bond donors (Lipinski definition) is 2. The maximum absolute atomic E-state index is 12.7. The van der Waals surface area contributed by atoms with Gasteiger partial charge in [0.2, 0.25) is 0 Å². The summed E-state index contributed by atoms with van der Waals surface area (Å²) in [5, 5.41) is 15.8. The predicted octanol–water partition coefficient (Wildman–Crippen LogP) is 1.99. The van der Waals surface area contributed by atoms with Crippen LogP contribution in [0.15, 0.2) is 36.5 Å². The van der Waals surface area contributed by atoms with Crippen molar-refractivity contribution < 1.29 is 4.79 Å². The van der Waals surface area contributed by atoms with Crippen molar-refractivity contribution in [1.29, 1.82) is 0 Å². The van der Waals surface area contributed by atoms with Crippen molar-refractivity contribution in [2.24, 2.45) is 0 Å². The number of amides is 1. The molecule has 26 heavy (non-hydrogen) atoms. The van der Waals surface area contributed by atoms with Crippen molar-refractivity contribution in [2.75, 3.05) is 6.54 Å². The second kappa shape index (κ2) is 6.84. The monoisotopic (exact) mass is 350 g/mol. The highest BCUT2D eigenvalue weighted by Gasteiger charge is 2.24. The maximum atomic E-state index is 12.7. The SMILES string of the molecule is Cc1c(C(=O)NC2CCNC(C)C2)nnn1-c1cccc2ncccc12. The smallest absolute Gasteiger partial charge is 0.273 e. The summed E-state index contributed by atoms with van der Waals surface area (Å²) in [6.45, 7) is 4.92. The van der Waals surface area contributed by atoms with Gasteiger partial charge in [-0.2, -0.15) is 0 Å². The van der Waals surface area contributed by atoms with Crippen LogP contribution in [0.4, 0.5) is 0 Å². The Kier molecular flexibility index (Phi) is 4.38. The van der Waals surface area contributed by atoms with E-state index in [1.165, 1.54) is 0 Å². The average Bonchev–Trinajstić information content (AvgIpc) is 3.02. The molecule has 1 saturated heterocycles. The summed E-state index contributed by atoms with van der Waals surface area (Å²) in [4.78, 5) is 17.1. The Morgan fingerprint density at radius 3 is 3.04 bits per heavy atom. The molecule has 0 saturated carbocycles. The number of nitrogens with zero attached hydrogens (tertiary/aromatic N) is 4. The van der Waals surface area contributed by atoms with Crippen LogP contribution >= 0.6 is 0 Å². The summed E-state index contributed by atoms with van der Waals surface area (Å²) in [5.41, 5.74) is 2.85. The molecule has 0 aliphatic carbocycles. The molecule has 134 valence electrons. The fourth-order valence-electron chi connectivity index (χ4n) is 3.56. The summed E-state index contributed by atoms with van der Waals surface area (Å²) >= 11 is 0. The fraction of sp³-hybridized carbons (Fsp3) is 0.368. The van der Waals surface area contributed by atoms with Crippen molar-refractivity contribution in [3.8, 4) is 5.69 Å². The number of fused-ring (bicyclic) bond motifs is 1. The minimum Gasteiger partial charge on any atom is -0.348 e. The topological polar surface area (TPSA) is 84.7 Å². The molecule has 2 unspecified atom stereocenters. The van der Waals surface area contributed by atoms with Gasteiger partial charge in [-0.25, -0.2) is 4.68 Å². The van der Waals surface area contributed by atoms with Crippen LogP contribution in [0.25, 0.3) is 16.6 Å². The molecular weight excluding hydrogens is 328 g/mol. The molecule has 7 heteroatoms. The van der Waals surface area contributed by atoms with E-state index in [4.69, 9.17) is 0 Å². The Morgan fingerprint density at radius 2 is 2.19 bits per heavy atom. The fourth-order valence-corrected chi connectivity index (χ4v) is 3.56. The molecule has 1 aromatic carbocycles. The Labute approximate surface area is 151 Å². The quantitative estimate of drug-likeness (QED) is 0.755. The molecular formula is C19H22N6O. The first-order valence-corrected chi connectivity index (χ1v) is 8.94. The minimum atomic E-state index is -0.161. The Hall–Kier alpha value is -2.80. The first kappa shape index (κ1) is 16.7. The number of aromatic nitrogens is 4. The maximum Gasteiger partial charge on any atom is 0.273 e. The predicted molar refractivity (Wildman–Crippen MR) is 99.3 cm³/mol. The van der Waals surface area contributed by atoms with E-state index in [-0.39, 0.29) is 11.9 Å². The highest BCUT2D eigenvalue weighted by atomic mass is 16.2. The summed E-state index contributed by atoms with van der Waals surface area (Å²) < 4.78 is 1.71. The van der Waals surface area contributed by atoms with Gasteiger partial charge < -0.3 is 10.6 Å². The summed E-state index contributed by atoms with van der Waals surface area (Å²) in [6.07, 6.45) is 3.62. The van der Waals surface area contributed by atoms with Crippen molar-refractivity contribution in [3.63, 3.8) is 0 Å². The van der Waals surface area contributed by atoms with E-state index in [2.05, 4.69) is 32.9 Å². The standard InChI is InChI=1S/C19H22N6O/c1-12-11-14(8-10-20-12)22-19(26)18-13(2)25(24-23-18)17-7-3-6-16-15(17)5-4-9-21-16/h3-7,9,12,14,20H,8,10-11H2,1-2H3,(H,22,26). The molecule has 1 fully saturated rings. The van der Waals surface area contributed by atoms with Crippen molar-refractivity contribution in [3.05, 3.63) is 47.9 Å². The lowest BCUT2D eigenvalue weighted by atomic mass is 10.0. The van der Waals surface area contributed by atoms with Crippen LogP contribution in [0.3, 0.4) is 0 Å². The Balaban J connectivity index is 1.63. The van der Waals surface area contributed by atoms with Crippen molar-refractivity contribution in [2.45, 2.75) is 38.8 Å². The van der Waals surface area contributed by atoms with Crippen molar-refractivity contribution in [1.82, 2.24) is 30.6 Å².